The summed E-state index contributed by atoms with van der Waals surface area (Å²) in [5.41, 5.74) is 2.06. The number of rotatable bonds is 5. The first-order chi connectivity index (χ1) is 10.9. The lowest BCUT2D eigenvalue weighted by molar-refractivity contribution is 0.597. The summed E-state index contributed by atoms with van der Waals surface area (Å²) in [7, 11) is -3.66. The fraction of sp³-hybridized carbons (Fsp3) is 0.188. The summed E-state index contributed by atoms with van der Waals surface area (Å²) in [5.74, 6) is 0. The number of nitrogens with two attached hydrogens (primary N) is 1. The van der Waals surface area contributed by atoms with Gasteiger partial charge in [-0.05, 0) is 42.4 Å². The predicted octanol–water partition coefficient (Wildman–Crippen LogP) is 2.06. The molecular weight excluding hydrogens is 330 g/mol. The second-order valence-corrected chi connectivity index (χ2v) is 7.12. The van der Waals surface area contributed by atoms with Gasteiger partial charge in [0.15, 0.2) is 5.11 Å². The van der Waals surface area contributed by atoms with E-state index in [0.717, 1.165) is 11.1 Å². The Morgan fingerprint density at radius 3 is 2.30 bits per heavy atom. The van der Waals surface area contributed by atoms with Gasteiger partial charge >= 0.3 is 0 Å². The Bertz CT molecular complexity index is 760. The fourth-order valence-electron chi connectivity index (χ4n) is 2.05. The van der Waals surface area contributed by atoms with Crippen molar-refractivity contribution < 1.29 is 8.42 Å². The predicted molar refractivity (Wildman–Crippen MR) is 95.2 cm³/mol. The fourth-order valence-corrected chi connectivity index (χ4v) is 2.82. The molecule has 0 bridgehead atoms. The van der Waals surface area contributed by atoms with Crippen LogP contribution < -0.4 is 15.8 Å². The van der Waals surface area contributed by atoms with Crippen molar-refractivity contribution in [2.45, 2.75) is 24.4 Å². The van der Waals surface area contributed by atoms with Crippen molar-refractivity contribution in [3.05, 3.63) is 65.7 Å². The third-order valence-corrected chi connectivity index (χ3v) is 4.54. The van der Waals surface area contributed by atoms with Gasteiger partial charge in [0.2, 0.25) is 10.0 Å². The Morgan fingerprint density at radius 1 is 1.13 bits per heavy atom. The number of nitrogens with one attached hydrogen (secondary N) is 2. The molecule has 0 radical (unpaired) electrons. The van der Waals surface area contributed by atoms with Crippen LogP contribution in [0.25, 0.3) is 0 Å². The first kappa shape index (κ1) is 17.4. The normalized spacial score (nSPS) is 12.4. The van der Waals surface area contributed by atoms with Crippen molar-refractivity contribution in [1.29, 1.82) is 0 Å². The minimum Gasteiger partial charge on any atom is -0.359 e. The topological polar surface area (TPSA) is 84.2 Å². The molecule has 0 aliphatic rings. The maximum atomic E-state index is 11.2. The molecule has 1 atom stereocenters. The summed E-state index contributed by atoms with van der Waals surface area (Å²) in [6, 6.07) is 16.5. The van der Waals surface area contributed by atoms with E-state index in [0.29, 0.717) is 11.7 Å². The quantitative estimate of drug-likeness (QED) is 0.720. The van der Waals surface area contributed by atoms with Crippen LogP contribution in [0.15, 0.2) is 59.5 Å². The van der Waals surface area contributed by atoms with Crippen LogP contribution in [0.3, 0.4) is 0 Å². The zero-order chi connectivity index (χ0) is 16.9. The molecule has 0 heterocycles. The number of sulfonamides is 1. The molecule has 5 nitrogen and oxygen atoms in total. The molecule has 0 saturated carbocycles. The lowest BCUT2D eigenvalue weighted by Gasteiger charge is -2.17. The number of hydrogen-bond donors (Lipinski definition) is 3. The Hall–Kier alpha value is -1.96. The van der Waals surface area contributed by atoms with Gasteiger partial charge in [-0.3, -0.25) is 0 Å². The van der Waals surface area contributed by atoms with Crippen LogP contribution in [-0.2, 0) is 16.6 Å². The largest absolute Gasteiger partial charge is 0.359 e. The summed E-state index contributed by atoms with van der Waals surface area (Å²) in [4.78, 5) is 0.0969. The minimum atomic E-state index is -3.66. The maximum Gasteiger partial charge on any atom is 0.238 e. The third-order valence-electron chi connectivity index (χ3n) is 3.35. The minimum absolute atomic E-state index is 0.0969. The van der Waals surface area contributed by atoms with Gasteiger partial charge in [0.05, 0.1) is 10.9 Å². The Kier molecular flexibility index (Phi) is 5.70. The van der Waals surface area contributed by atoms with Crippen LogP contribution in [0.5, 0.6) is 0 Å². The number of thiocarbonyl (C=S) groups is 1. The van der Waals surface area contributed by atoms with E-state index in [9.17, 15) is 8.42 Å². The summed E-state index contributed by atoms with van der Waals surface area (Å²) in [6.45, 7) is 2.53. The highest BCUT2D eigenvalue weighted by Crippen LogP contribution is 2.11. The molecule has 0 aromatic heterocycles. The second kappa shape index (κ2) is 7.54. The van der Waals surface area contributed by atoms with E-state index < -0.39 is 10.0 Å². The van der Waals surface area contributed by atoms with E-state index in [1.165, 1.54) is 12.1 Å². The number of primary sulfonamides is 1. The van der Waals surface area contributed by atoms with Gasteiger partial charge in [-0.2, -0.15) is 0 Å². The molecule has 0 aliphatic carbocycles. The van der Waals surface area contributed by atoms with Crippen molar-refractivity contribution in [2.24, 2.45) is 5.14 Å². The Labute approximate surface area is 142 Å². The van der Waals surface area contributed by atoms with Gasteiger partial charge in [0.1, 0.15) is 0 Å². The molecule has 2 rings (SSSR count). The highest BCUT2D eigenvalue weighted by molar-refractivity contribution is 7.89. The molecule has 23 heavy (non-hydrogen) atoms. The van der Waals surface area contributed by atoms with Gasteiger partial charge in [-0.15, -0.1) is 0 Å². The van der Waals surface area contributed by atoms with Gasteiger partial charge in [-0.25, -0.2) is 13.6 Å². The molecule has 0 saturated heterocycles. The Balaban J connectivity index is 1.87. The maximum absolute atomic E-state index is 11.2. The molecule has 1 unspecified atom stereocenters. The molecule has 0 fully saturated rings. The smallest absolute Gasteiger partial charge is 0.238 e. The van der Waals surface area contributed by atoms with E-state index in [-0.39, 0.29) is 10.9 Å². The molecule has 0 spiro atoms. The molecule has 2 aromatic carbocycles. The summed E-state index contributed by atoms with van der Waals surface area (Å²) < 4.78 is 22.4. The van der Waals surface area contributed by atoms with Crippen molar-refractivity contribution in [1.82, 2.24) is 10.6 Å². The highest BCUT2D eigenvalue weighted by Gasteiger charge is 2.08. The summed E-state index contributed by atoms with van der Waals surface area (Å²) >= 11 is 5.28. The Morgan fingerprint density at radius 2 is 1.74 bits per heavy atom. The van der Waals surface area contributed by atoms with Crippen LogP contribution in [0.1, 0.15) is 24.1 Å². The zero-order valence-corrected chi connectivity index (χ0v) is 14.3. The van der Waals surface area contributed by atoms with E-state index in [2.05, 4.69) is 10.6 Å². The standard InChI is InChI=1S/C16H19N3O2S2/c1-12(14-5-3-2-4-6-14)19-16(22)18-11-13-7-9-15(10-8-13)23(17,20)21/h2-10,12H,11H2,1H3,(H2,17,20,21)(H2,18,19,22). The van der Waals surface area contributed by atoms with Gasteiger partial charge in [0, 0.05) is 6.54 Å². The summed E-state index contributed by atoms with van der Waals surface area (Å²) in [5, 5.41) is 11.9. The van der Waals surface area contributed by atoms with Crippen molar-refractivity contribution >= 4 is 27.4 Å². The van der Waals surface area contributed by atoms with E-state index in [4.69, 9.17) is 17.4 Å². The van der Waals surface area contributed by atoms with Gasteiger partial charge in [-0.1, -0.05) is 42.5 Å². The monoisotopic (exact) mass is 349 g/mol. The lowest BCUT2D eigenvalue weighted by Crippen LogP contribution is -2.36. The first-order valence-electron chi connectivity index (χ1n) is 7.07. The zero-order valence-electron chi connectivity index (χ0n) is 12.7. The number of benzene rings is 2. The van der Waals surface area contributed by atoms with Crippen molar-refractivity contribution in [3.63, 3.8) is 0 Å². The summed E-state index contributed by atoms with van der Waals surface area (Å²) in [6.07, 6.45) is 0. The molecule has 0 aliphatic heterocycles. The van der Waals surface area contributed by atoms with E-state index in [1.807, 2.05) is 37.3 Å². The van der Waals surface area contributed by atoms with Crippen LogP contribution in [0.4, 0.5) is 0 Å². The van der Waals surface area contributed by atoms with E-state index in [1.54, 1.807) is 12.1 Å². The molecular formula is C16H19N3O2S2. The van der Waals surface area contributed by atoms with Crippen LogP contribution in [-0.4, -0.2) is 13.5 Å². The number of hydrogen-bond acceptors (Lipinski definition) is 3. The van der Waals surface area contributed by atoms with Crippen molar-refractivity contribution in [2.75, 3.05) is 0 Å². The molecule has 2 aromatic rings. The molecule has 4 N–H and O–H groups in total. The SMILES string of the molecule is CC(NC(=S)NCc1ccc(S(N)(=O)=O)cc1)c1ccccc1. The average Bonchev–Trinajstić information content (AvgIpc) is 2.53. The van der Waals surface area contributed by atoms with E-state index >= 15 is 0 Å². The van der Waals surface area contributed by atoms with Crippen LogP contribution in [0.2, 0.25) is 0 Å². The molecule has 122 valence electrons. The second-order valence-electron chi connectivity index (χ2n) is 5.15. The van der Waals surface area contributed by atoms with Gasteiger partial charge < -0.3 is 10.6 Å². The first-order valence-corrected chi connectivity index (χ1v) is 9.03. The van der Waals surface area contributed by atoms with Crippen molar-refractivity contribution in [3.8, 4) is 0 Å². The molecule has 0 amide bonds. The third kappa shape index (κ3) is 5.31. The van der Waals surface area contributed by atoms with Crippen LogP contribution in [0, 0.1) is 0 Å². The lowest BCUT2D eigenvalue weighted by atomic mass is 10.1. The molecule has 7 heteroatoms. The average molecular weight is 349 g/mol. The highest BCUT2D eigenvalue weighted by atomic mass is 32.2. The van der Waals surface area contributed by atoms with Crippen LogP contribution >= 0.6 is 12.2 Å². The van der Waals surface area contributed by atoms with Gasteiger partial charge in [0.25, 0.3) is 0 Å².